The summed E-state index contributed by atoms with van der Waals surface area (Å²) >= 11 is 0. The molecule has 0 atom stereocenters. The van der Waals surface area contributed by atoms with Crippen LogP contribution < -0.4 is 0 Å². The first-order valence-corrected chi connectivity index (χ1v) is 7.64. The number of carbonyl (C=O) groups is 3. The number of carbonyl (C=O) groups excluding carboxylic acids is 3. The van der Waals surface area contributed by atoms with Crippen molar-refractivity contribution in [3.63, 3.8) is 0 Å². The van der Waals surface area contributed by atoms with Crippen molar-refractivity contribution in [2.24, 2.45) is 0 Å². The minimum absolute atomic E-state index is 0.0227. The van der Waals surface area contributed by atoms with E-state index in [9.17, 15) is 14.4 Å². The van der Waals surface area contributed by atoms with Crippen LogP contribution in [0.15, 0.2) is 53.3 Å². The molecule has 0 N–H and O–H groups in total. The predicted octanol–water partition coefficient (Wildman–Crippen LogP) is 2.41. The Morgan fingerprint density at radius 2 is 1.77 bits per heavy atom. The zero-order chi connectivity index (χ0) is 18.3. The lowest BCUT2D eigenvalue weighted by atomic mass is 10.1. The highest BCUT2D eigenvalue weighted by Gasteiger charge is 2.39. The molecule has 0 saturated carbocycles. The Labute approximate surface area is 146 Å². The van der Waals surface area contributed by atoms with Gasteiger partial charge in [0.05, 0.1) is 11.1 Å². The van der Waals surface area contributed by atoms with E-state index in [1.165, 1.54) is 25.3 Å². The van der Waals surface area contributed by atoms with Crippen molar-refractivity contribution in [2.75, 3.05) is 0 Å². The number of pyridine rings is 1. The zero-order valence-electron chi connectivity index (χ0n) is 13.5. The number of benzene rings is 1. The van der Waals surface area contributed by atoms with Crippen LogP contribution in [0.25, 0.3) is 11.3 Å². The van der Waals surface area contributed by atoms with Gasteiger partial charge in [0.2, 0.25) is 0 Å². The molecule has 0 aliphatic carbocycles. The first-order valence-electron chi connectivity index (χ1n) is 7.64. The highest BCUT2D eigenvalue weighted by Crippen LogP contribution is 2.28. The monoisotopic (exact) mass is 349 g/mol. The molecule has 3 heterocycles. The van der Waals surface area contributed by atoms with Crippen LogP contribution in [0.4, 0.5) is 0 Å². The Morgan fingerprint density at radius 3 is 2.38 bits per heavy atom. The Hall–Kier alpha value is -3.81. The number of rotatable bonds is 3. The first-order chi connectivity index (χ1) is 12.6. The molecule has 2 amide bonds. The number of hydrogen-bond donors (Lipinski definition) is 0. The quantitative estimate of drug-likeness (QED) is 0.669. The lowest BCUT2D eigenvalue weighted by molar-refractivity contribution is -0.0585. The normalized spacial score (nSPS) is 13.0. The average molecular weight is 349 g/mol. The van der Waals surface area contributed by atoms with E-state index in [-0.39, 0.29) is 28.1 Å². The number of hydroxylamine groups is 2. The van der Waals surface area contributed by atoms with Gasteiger partial charge in [-0.3, -0.25) is 14.6 Å². The van der Waals surface area contributed by atoms with Gasteiger partial charge in [-0.2, -0.15) is 0 Å². The van der Waals surface area contributed by atoms with Crippen molar-refractivity contribution < 1.29 is 23.7 Å². The van der Waals surface area contributed by atoms with Crippen molar-refractivity contribution >= 4 is 17.8 Å². The summed E-state index contributed by atoms with van der Waals surface area (Å²) in [6.45, 7) is 1.53. The highest BCUT2D eigenvalue weighted by atomic mass is 16.7. The van der Waals surface area contributed by atoms with E-state index in [4.69, 9.17) is 9.36 Å². The van der Waals surface area contributed by atoms with Crippen LogP contribution in [-0.4, -0.2) is 33.0 Å². The Kier molecular flexibility index (Phi) is 3.58. The fourth-order valence-corrected chi connectivity index (χ4v) is 2.69. The van der Waals surface area contributed by atoms with E-state index in [1.54, 1.807) is 30.5 Å². The van der Waals surface area contributed by atoms with Gasteiger partial charge < -0.3 is 9.36 Å². The third kappa shape index (κ3) is 2.35. The fraction of sp³-hybridized carbons (Fsp3) is 0.0556. The summed E-state index contributed by atoms with van der Waals surface area (Å²) in [4.78, 5) is 46.3. The molecule has 0 bridgehead atoms. The summed E-state index contributed by atoms with van der Waals surface area (Å²) < 4.78 is 5.08. The summed E-state index contributed by atoms with van der Waals surface area (Å²) in [5, 5.41) is 4.31. The van der Waals surface area contributed by atoms with Gasteiger partial charge in [-0.15, -0.1) is 0 Å². The summed E-state index contributed by atoms with van der Waals surface area (Å²) in [6, 6.07) is 9.62. The Morgan fingerprint density at radius 1 is 1.08 bits per heavy atom. The van der Waals surface area contributed by atoms with Crippen molar-refractivity contribution in [3.05, 3.63) is 71.2 Å². The molecule has 0 spiro atoms. The second-order valence-corrected chi connectivity index (χ2v) is 5.53. The summed E-state index contributed by atoms with van der Waals surface area (Å²) in [7, 11) is 0. The lowest BCUT2D eigenvalue weighted by Gasteiger charge is -2.12. The largest absolute Gasteiger partial charge is 0.369 e. The summed E-state index contributed by atoms with van der Waals surface area (Å²) in [5.74, 6) is -2.12. The van der Waals surface area contributed by atoms with Gasteiger partial charge in [-0.25, -0.2) is 4.79 Å². The molecule has 26 heavy (non-hydrogen) atoms. The number of imide groups is 1. The van der Waals surface area contributed by atoms with Gasteiger partial charge >= 0.3 is 5.97 Å². The molecule has 0 fully saturated rings. The molecule has 0 radical (unpaired) electrons. The van der Waals surface area contributed by atoms with Crippen LogP contribution in [0.5, 0.6) is 0 Å². The van der Waals surface area contributed by atoms with E-state index in [0.29, 0.717) is 10.6 Å². The maximum Gasteiger partial charge on any atom is 0.369 e. The fourth-order valence-electron chi connectivity index (χ4n) is 2.69. The number of fused-ring (bicyclic) bond motifs is 1. The molecule has 4 rings (SSSR count). The zero-order valence-corrected chi connectivity index (χ0v) is 13.5. The molecule has 1 aliphatic heterocycles. The molecular formula is C18H11N3O5. The number of amides is 2. The van der Waals surface area contributed by atoms with E-state index >= 15 is 0 Å². The second kappa shape index (κ2) is 5.92. The summed E-state index contributed by atoms with van der Waals surface area (Å²) in [5.41, 5.74) is 1.14. The third-order valence-electron chi connectivity index (χ3n) is 3.93. The maximum absolute atomic E-state index is 12.6. The van der Waals surface area contributed by atoms with Crippen LogP contribution in [0.1, 0.15) is 36.8 Å². The maximum atomic E-state index is 12.6. The smallest absolute Gasteiger partial charge is 0.360 e. The van der Waals surface area contributed by atoms with Crippen molar-refractivity contribution in [1.82, 2.24) is 15.2 Å². The molecule has 8 heteroatoms. The molecule has 3 aromatic rings. The van der Waals surface area contributed by atoms with Gasteiger partial charge in [0.25, 0.3) is 11.8 Å². The van der Waals surface area contributed by atoms with Crippen LogP contribution in [0.3, 0.4) is 0 Å². The van der Waals surface area contributed by atoms with E-state index in [2.05, 4.69) is 10.1 Å². The molecule has 8 nitrogen and oxygen atoms in total. The van der Waals surface area contributed by atoms with Crippen molar-refractivity contribution in [1.29, 1.82) is 0 Å². The Bertz CT molecular complexity index is 1010. The minimum Gasteiger partial charge on any atom is -0.360 e. The van der Waals surface area contributed by atoms with Crippen LogP contribution in [0.2, 0.25) is 0 Å². The van der Waals surface area contributed by atoms with E-state index in [0.717, 1.165) is 0 Å². The highest BCUT2D eigenvalue weighted by molar-refractivity contribution is 6.21. The van der Waals surface area contributed by atoms with Gasteiger partial charge in [0.1, 0.15) is 17.0 Å². The molecule has 128 valence electrons. The van der Waals surface area contributed by atoms with Gasteiger partial charge in [0.15, 0.2) is 0 Å². The molecule has 1 aromatic carbocycles. The molecule has 1 aliphatic rings. The lowest BCUT2D eigenvalue weighted by Crippen LogP contribution is -2.32. The molecular weight excluding hydrogens is 338 g/mol. The van der Waals surface area contributed by atoms with Crippen LogP contribution in [0, 0.1) is 6.92 Å². The van der Waals surface area contributed by atoms with E-state index in [1.807, 2.05) is 0 Å². The number of aryl methyl sites for hydroxylation is 1. The third-order valence-corrected chi connectivity index (χ3v) is 3.93. The number of nitrogens with zero attached hydrogens (tertiary/aromatic N) is 3. The topological polar surface area (TPSA) is 103 Å². The van der Waals surface area contributed by atoms with Gasteiger partial charge in [-0.1, -0.05) is 22.4 Å². The minimum atomic E-state index is -0.919. The average Bonchev–Trinajstić information content (AvgIpc) is 3.16. The van der Waals surface area contributed by atoms with Crippen LogP contribution in [-0.2, 0) is 4.84 Å². The number of hydrogen-bond acceptors (Lipinski definition) is 7. The predicted molar refractivity (Wildman–Crippen MR) is 86.8 cm³/mol. The Balaban J connectivity index is 1.66. The molecule has 0 saturated heterocycles. The van der Waals surface area contributed by atoms with Crippen molar-refractivity contribution in [2.45, 2.75) is 6.92 Å². The van der Waals surface area contributed by atoms with Gasteiger partial charge in [-0.05, 0) is 31.2 Å². The number of aromatic nitrogens is 2. The standard InChI is InChI=1S/C18H11N3O5/c1-10-14(15(20-25-10)11-5-4-8-19-9-11)18(24)26-21-16(22)12-6-2-3-7-13(12)17(21)23/h2-9H,1H3. The SMILES string of the molecule is Cc1onc(-c2cccnc2)c1C(=O)ON1C(=O)c2ccccc2C1=O. The van der Waals surface area contributed by atoms with Crippen LogP contribution >= 0.6 is 0 Å². The molecule has 0 unspecified atom stereocenters. The second-order valence-electron chi connectivity index (χ2n) is 5.53. The van der Waals surface area contributed by atoms with Crippen molar-refractivity contribution in [3.8, 4) is 11.3 Å². The first kappa shape index (κ1) is 15.7. The summed E-state index contributed by atoms with van der Waals surface area (Å²) in [6.07, 6.45) is 3.09. The molecule has 2 aromatic heterocycles. The van der Waals surface area contributed by atoms with E-state index < -0.39 is 17.8 Å². The van der Waals surface area contributed by atoms with Gasteiger partial charge in [0, 0.05) is 18.0 Å².